The molecule has 0 heterocycles. The first-order valence-corrected chi connectivity index (χ1v) is 4.58. The Morgan fingerprint density at radius 2 is 2.36 bits per heavy atom. The van der Waals surface area contributed by atoms with Crippen molar-refractivity contribution < 1.29 is 9.90 Å². The quantitative estimate of drug-likeness (QED) is 0.519. The number of rotatable bonds is 5. The van der Waals surface area contributed by atoms with Crippen LogP contribution in [0.2, 0.25) is 0 Å². The van der Waals surface area contributed by atoms with Crippen LogP contribution in [0.4, 0.5) is 0 Å². The topological polar surface area (TPSA) is 44.9 Å². The third-order valence-electron chi connectivity index (χ3n) is 1.88. The average Bonchev–Trinajstić information content (AvgIpc) is 2.16. The molecule has 0 aliphatic heterocycles. The lowest BCUT2D eigenvalue weighted by molar-refractivity contribution is -0.127. The Bertz CT molecular complexity index is 243. The number of aliphatic hydroxyl groups excluding tert-OH is 1. The lowest BCUT2D eigenvalue weighted by Crippen LogP contribution is -2.38. The summed E-state index contributed by atoms with van der Waals surface area (Å²) in [6, 6.07) is -0.0756. The van der Waals surface area contributed by atoms with Crippen LogP contribution in [0.15, 0.2) is 12.2 Å². The molecular formula is C10H16N2O2. The van der Waals surface area contributed by atoms with Crippen molar-refractivity contribution in [3.63, 3.8) is 0 Å². The normalized spacial score (nSPS) is 12.4. The minimum Gasteiger partial charge on any atom is -0.392 e. The Morgan fingerprint density at radius 3 is 2.79 bits per heavy atom. The second kappa shape index (κ2) is 7.10. The molecule has 0 unspecified atom stereocenters. The summed E-state index contributed by atoms with van der Waals surface area (Å²) in [5, 5.41) is 8.51. The minimum absolute atomic E-state index is 0.0756. The highest BCUT2D eigenvalue weighted by Crippen LogP contribution is 2.01. The molecule has 0 aromatic carbocycles. The number of aliphatic hydroxyl groups is 1. The summed E-state index contributed by atoms with van der Waals surface area (Å²) in [7, 11) is 0. The van der Waals surface area contributed by atoms with Crippen molar-refractivity contribution in [2.24, 2.45) is 0 Å². The molecule has 0 saturated carbocycles. The third-order valence-corrected chi connectivity index (χ3v) is 1.88. The van der Waals surface area contributed by atoms with Gasteiger partial charge in [0, 0.05) is 12.6 Å². The van der Waals surface area contributed by atoms with Gasteiger partial charge in [0.1, 0.15) is 6.04 Å². The van der Waals surface area contributed by atoms with Crippen LogP contribution in [0, 0.1) is 6.57 Å². The van der Waals surface area contributed by atoms with Gasteiger partial charge in [-0.25, -0.2) is 6.57 Å². The number of carbonyl (C=O) groups is 1. The molecule has 0 bridgehead atoms. The van der Waals surface area contributed by atoms with Crippen LogP contribution < -0.4 is 0 Å². The first-order chi connectivity index (χ1) is 6.67. The van der Waals surface area contributed by atoms with Crippen molar-refractivity contribution >= 4 is 5.91 Å². The summed E-state index contributed by atoms with van der Waals surface area (Å²) in [4.78, 5) is 16.3. The van der Waals surface area contributed by atoms with E-state index < -0.39 is 0 Å². The maximum atomic E-state index is 11.5. The van der Waals surface area contributed by atoms with E-state index in [0.717, 1.165) is 0 Å². The molecule has 0 aliphatic carbocycles. The van der Waals surface area contributed by atoms with Gasteiger partial charge in [-0.1, -0.05) is 6.08 Å². The van der Waals surface area contributed by atoms with Gasteiger partial charge in [-0.2, -0.15) is 0 Å². The predicted molar refractivity (Wildman–Crippen MR) is 54.5 cm³/mol. The molecule has 1 N–H and O–H groups in total. The number of carbonyl (C=O) groups excluding carboxylic acids is 1. The predicted octanol–water partition coefficient (Wildman–Crippen LogP) is 0.691. The van der Waals surface area contributed by atoms with Crippen molar-refractivity contribution in [3.8, 4) is 0 Å². The van der Waals surface area contributed by atoms with Crippen molar-refractivity contribution in [1.82, 2.24) is 4.90 Å². The van der Waals surface area contributed by atoms with Crippen LogP contribution in [-0.2, 0) is 4.79 Å². The van der Waals surface area contributed by atoms with Gasteiger partial charge in [-0.15, -0.1) is 0 Å². The van der Waals surface area contributed by atoms with Crippen molar-refractivity contribution in [2.75, 3.05) is 19.7 Å². The largest absolute Gasteiger partial charge is 0.392 e. The summed E-state index contributed by atoms with van der Waals surface area (Å²) in [5.74, 6) is -0.155. The van der Waals surface area contributed by atoms with Crippen LogP contribution in [0.5, 0.6) is 0 Å². The van der Waals surface area contributed by atoms with E-state index in [1.807, 2.05) is 13.8 Å². The summed E-state index contributed by atoms with van der Waals surface area (Å²) in [6.45, 7) is 11.2. The fraction of sp³-hybridized carbons (Fsp3) is 0.600. The van der Waals surface area contributed by atoms with Crippen LogP contribution in [0.1, 0.15) is 13.8 Å². The second-order valence-electron chi connectivity index (χ2n) is 2.90. The zero-order chi connectivity index (χ0) is 11.0. The number of nitrogens with zero attached hydrogens (tertiary/aromatic N) is 2. The number of hydrogen-bond acceptors (Lipinski definition) is 2. The molecule has 0 spiro atoms. The van der Waals surface area contributed by atoms with E-state index in [2.05, 4.69) is 4.85 Å². The van der Waals surface area contributed by atoms with Crippen LogP contribution in [0.3, 0.4) is 0 Å². The van der Waals surface area contributed by atoms with E-state index in [-0.39, 0.29) is 18.6 Å². The summed E-state index contributed by atoms with van der Waals surface area (Å²) >= 11 is 0. The molecule has 78 valence electrons. The zero-order valence-electron chi connectivity index (χ0n) is 8.60. The summed E-state index contributed by atoms with van der Waals surface area (Å²) in [6.07, 6.45) is 2.74. The molecule has 0 aromatic heterocycles. The Labute approximate surface area is 84.7 Å². The minimum atomic E-state index is -0.155. The van der Waals surface area contributed by atoms with Gasteiger partial charge < -0.3 is 14.9 Å². The molecule has 1 amide bonds. The van der Waals surface area contributed by atoms with Gasteiger partial charge in [-0.05, 0) is 13.8 Å². The van der Waals surface area contributed by atoms with Crippen molar-refractivity contribution in [3.05, 3.63) is 23.6 Å². The number of amides is 1. The molecule has 0 aliphatic rings. The first kappa shape index (κ1) is 12.7. The number of likely N-dealkylation sites (N-methyl/N-ethyl adjacent to an activating group) is 1. The van der Waals surface area contributed by atoms with Gasteiger partial charge in [0.15, 0.2) is 0 Å². The molecule has 14 heavy (non-hydrogen) atoms. The molecule has 0 radical (unpaired) electrons. The Morgan fingerprint density at radius 1 is 1.71 bits per heavy atom. The maximum absolute atomic E-state index is 11.5. The van der Waals surface area contributed by atoms with Gasteiger partial charge >= 0.3 is 0 Å². The van der Waals surface area contributed by atoms with E-state index in [4.69, 9.17) is 11.7 Å². The van der Waals surface area contributed by atoms with Crippen LogP contribution >= 0.6 is 0 Å². The summed E-state index contributed by atoms with van der Waals surface area (Å²) < 4.78 is 0. The van der Waals surface area contributed by atoms with Crippen molar-refractivity contribution in [1.29, 1.82) is 0 Å². The van der Waals surface area contributed by atoms with Gasteiger partial charge in [-0.3, -0.25) is 4.79 Å². The molecule has 0 fully saturated rings. The van der Waals surface area contributed by atoms with E-state index in [0.29, 0.717) is 13.1 Å². The van der Waals surface area contributed by atoms with Gasteiger partial charge in [0.05, 0.1) is 6.61 Å². The smallest absolute Gasteiger partial charge is 0.246 e. The monoisotopic (exact) mass is 196 g/mol. The lowest BCUT2D eigenvalue weighted by Gasteiger charge is -2.22. The fourth-order valence-electron chi connectivity index (χ4n) is 1.16. The maximum Gasteiger partial charge on any atom is 0.246 e. The molecule has 4 nitrogen and oxygen atoms in total. The first-order valence-electron chi connectivity index (χ1n) is 4.58. The summed E-state index contributed by atoms with van der Waals surface area (Å²) in [5.41, 5.74) is 0. The molecule has 0 saturated heterocycles. The van der Waals surface area contributed by atoms with Gasteiger partial charge in [0.2, 0.25) is 12.5 Å². The van der Waals surface area contributed by atoms with E-state index >= 15 is 0 Å². The van der Waals surface area contributed by atoms with E-state index in [9.17, 15) is 4.79 Å². The fourth-order valence-corrected chi connectivity index (χ4v) is 1.16. The highest BCUT2D eigenvalue weighted by atomic mass is 16.2. The highest BCUT2D eigenvalue weighted by molar-refractivity contribution is 5.87. The SMILES string of the molecule is [C-]#[N+]C[C@@H](C)N(CC)C(=O)/C=C/CO. The third kappa shape index (κ3) is 4.06. The van der Waals surface area contributed by atoms with Crippen molar-refractivity contribution in [2.45, 2.75) is 19.9 Å². The standard InChI is InChI=1S/C10H16N2O2/c1-4-12(9(2)8-11-3)10(14)6-5-7-13/h5-6,9,13H,4,7-8H2,1-2H3/b6-5+/t9-/m1/s1. The average molecular weight is 196 g/mol. The highest BCUT2D eigenvalue weighted by Gasteiger charge is 2.17. The molecular weight excluding hydrogens is 180 g/mol. The Kier molecular flexibility index (Phi) is 6.42. The zero-order valence-corrected chi connectivity index (χ0v) is 8.60. The Balaban J connectivity index is 4.33. The van der Waals surface area contributed by atoms with Crippen LogP contribution in [0.25, 0.3) is 4.85 Å². The van der Waals surface area contributed by atoms with E-state index in [1.54, 1.807) is 4.90 Å². The molecule has 0 aromatic rings. The lowest BCUT2D eigenvalue weighted by atomic mass is 10.2. The van der Waals surface area contributed by atoms with Crippen LogP contribution in [-0.4, -0.2) is 41.7 Å². The molecule has 1 atom stereocenters. The van der Waals surface area contributed by atoms with E-state index in [1.165, 1.54) is 12.2 Å². The molecule has 4 heteroatoms. The Hall–Kier alpha value is -1.34. The number of hydrogen-bond donors (Lipinski definition) is 1. The second-order valence-corrected chi connectivity index (χ2v) is 2.90. The van der Waals surface area contributed by atoms with Gasteiger partial charge in [0.25, 0.3) is 0 Å². The molecule has 0 rings (SSSR count).